The quantitative estimate of drug-likeness (QED) is 0.697. The zero-order valence-electron chi connectivity index (χ0n) is 9.00. The molecule has 0 aromatic heterocycles. The number of hydroxylamine groups is 2. The van der Waals surface area contributed by atoms with Gasteiger partial charge in [-0.3, -0.25) is 0 Å². The van der Waals surface area contributed by atoms with E-state index in [9.17, 15) is 10.0 Å². The highest BCUT2D eigenvalue weighted by molar-refractivity contribution is 5.87. The van der Waals surface area contributed by atoms with Crippen molar-refractivity contribution in [1.29, 1.82) is 0 Å². The molecule has 0 radical (unpaired) electrons. The number of carbonyl (C=O) groups is 1. The molecule has 1 heterocycles. The van der Waals surface area contributed by atoms with Crippen LogP contribution in [0.2, 0.25) is 0 Å². The number of hydrogen-bond acceptors (Lipinski definition) is 3. The van der Waals surface area contributed by atoms with E-state index < -0.39 is 17.0 Å². The fraction of sp³-hybridized carbons (Fsp3) is 0.700. The standard InChI is InChI=1S/C10H16NO3/c1-9(2)5-7(8(12)13)6-10(3,4)11(9)14/h5H,6H2,1-4H3,(H,12,13)/q-1. The van der Waals surface area contributed by atoms with Crippen LogP contribution in [-0.4, -0.2) is 27.2 Å². The van der Waals surface area contributed by atoms with E-state index in [0.717, 1.165) is 5.06 Å². The van der Waals surface area contributed by atoms with Gasteiger partial charge in [0.1, 0.15) is 0 Å². The van der Waals surface area contributed by atoms with E-state index in [1.165, 1.54) is 6.08 Å². The maximum Gasteiger partial charge on any atom is 0.331 e. The molecule has 14 heavy (non-hydrogen) atoms. The number of hydrogen-bond donors (Lipinski definition) is 1. The Morgan fingerprint density at radius 3 is 2.36 bits per heavy atom. The summed E-state index contributed by atoms with van der Waals surface area (Å²) in [5.74, 6) is -0.931. The van der Waals surface area contributed by atoms with Gasteiger partial charge in [-0.15, -0.1) is 0 Å². The molecule has 1 N–H and O–H groups in total. The van der Waals surface area contributed by atoms with Gasteiger partial charge in [-0.25, -0.2) is 4.79 Å². The van der Waals surface area contributed by atoms with Crippen LogP contribution in [0.3, 0.4) is 0 Å². The Kier molecular flexibility index (Phi) is 2.46. The minimum Gasteiger partial charge on any atom is -0.784 e. The lowest BCUT2D eigenvalue weighted by Gasteiger charge is -2.56. The first-order valence-corrected chi connectivity index (χ1v) is 4.59. The lowest BCUT2D eigenvalue weighted by Crippen LogP contribution is -2.54. The van der Waals surface area contributed by atoms with Crippen LogP contribution in [0.5, 0.6) is 0 Å². The summed E-state index contributed by atoms with van der Waals surface area (Å²) in [5, 5.41) is 21.7. The van der Waals surface area contributed by atoms with E-state index in [1.54, 1.807) is 27.7 Å². The van der Waals surface area contributed by atoms with Crippen molar-refractivity contribution in [3.05, 3.63) is 16.9 Å². The van der Waals surface area contributed by atoms with Crippen molar-refractivity contribution in [2.24, 2.45) is 0 Å². The molecule has 4 nitrogen and oxygen atoms in total. The van der Waals surface area contributed by atoms with Gasteiger partial charge in [-0.05, 0) is 34.1 Å². The molecule has 0 atom stereocenters. The Labute approximate surface area is 83.8 Å². The van der Waals surface area contributed by atoms with Crippen molar-refractivity contribution < 1.29 is 9.90 Å². The Balaban J connectivity index is 3.12. The fourth-order valence-corrected chi connectivity index (χ4v) is 1.99. The summed E-state index contributed by atoms with van der Waals surface area (Å²) in [6.07, 6.45) is 1.82. The molecule has 0 saturated carbocycles. The topological polar surface area (TPSA) is 63.6 Å². The average Bonchev–Trinajstić information content (AvgIpc) is 1.98. The summed E-state index contributed by atoms with van der Waals surface area (Å²) in [7, 11) is 0. The molecule has 0 amide bonds. The predicted molar refractivity (Wildman–Crippen MR) is 53.7 cm³/mol. The smallest absolute Gasteiger partial charge is 0.331 e. The fourth-order valence-electron chi connectivity index (χ4n) is 1.99. The molecule has 0 fully saturated rings. The Hall–Kier alpha value is -0.870. The van der Waals surface area contributed by atoms with Gasteiger partial charge in [0.15, 0.2) is 0 Å². The van der Waals surface area contributed by atoms with Crippen LogP contribution in [0.25, 0.3) is 0 Å². The molecule has 4 heteroatoms. The molecular formula is C10H16NO3-. The summed E-state index contributed by atoms with van der Waals surface area (Å²) in [5.41, 5.74) is -1.06. The molecule has 80 valence electrons. The van der Waals surface area contributed by atoms with Crippen molar-refractivity contribution in [1.82, 2.24) is 5.06 Å². The van der Waals surface area contributed by atoms with Gasteiger partial charge >= 0.3 is 5.97 Å². The largest absolute Gasteiger partial charge is 0.784 e. The maximum absolute atomic E-state index is 11.8. The number of aliphatic carboxylic acids is 1. The molecular weight excluding hydrogens is 182 g/mol. The Morgan fingerprint density at radius 2 is 2.00 bits per heavy atom. The molecule has 0 aromatic rings. The molecule has 0 unspecified atom stereocenters. The number of nitrogens with zero attached hydrogens (tertiary/aromatic N) is 1. The summed E-state index contributed by atoms with van der Waals surface area (Å²) >= 11 is 0. The molecule has 1 rings (SSSR count). The SMILES string of the molecule is CC1(C)C=C(C(=O)O)CC(C)(C)N1[O-]. The van der Waals surface area contributed by atoms with Crippen molar-refractivity contribution in [2.45, 2.75) is 45.2 Å². The first-order valence-electron chi connectivity index (χ1n) is 4.59. The molecule has 0 aliphatic carbocycles. The van der Waals surface area contributed by atoms with E-state index in [-0.39, 0.29) is 6.42 Å². The van der Waals surface area contributed by atoms with Crippen LogP contribution in [0.1, 0.15) is 34.1 Å². The maximum atomic E-state index is 11.8. The third kappa shape index (κ3) is 1.81. The summed E-state index contributed by atoms with van der Waals surface area (Å²) in [6, 6.07) is 0. The Morgan fingerprint density at radius 1 is 1.50 bits per heavy atom. The summed E-state index contributed by atoms with van der Waals surface area (Å²) in [4.78, 5) is 10.8. The van der Waals surface area contributed by atoms with E-state index >= 15 is 0 Å². The monoisotopic (exact) mass is 198 g/mol. The minimum atomic E-state index is -0.931. The van der Waals surface area contributed by atoms with E-state index in [1.807, 2.05) is 0 Å². The summed E-state index contributed by atoms with van der Waals surface area (Å²) in [6.45, 7) is 6.98. The average molecular weight is 198 g/mol. The van der Waals surface area contributed by atoms with Crippen LogP contribution in [0.15, 0.2) is 11.6 Å². The molecule has 0 aromatic carbocycles. The summed E-state index contributed by atoms with van der Waals surface area (Å²) < 4.78 is 0. The lowest BCUT2D eigenvalue weighted by molar-refractivity contribution is -0.133. The molecule has 0 saturated heterocycles. The molecule has 1 aliphatic rings. The van der Waals surface area contributed by atoms with Crippen LogP contribution in [0.4, 0.5) is 0 Å². The highest BCUT2D eigenvalue weighted by Gasteiger charge is 2.36. The number of rotatable bonds is 1. The second kappa shape index (κ2) is 3.07. The van der Waals surface area contributed by atoms with Crippen LogP contribution in [0, 0.1) is 5.21 Å². The van der Waals surface area contributed by atoms with E-state index in [4.69, 9.17) is 5.11 Å². The second-order valence-electron chi connectivity index (χ2n) is 4.91. The third-order valence-corrected chi connectivity index (χ3v) is 2.50. The molecule has 0 bridgehead atoms. The molecule has 1 aliphatic heterocycles. The zero-order valence-corrected chi connectivity index (χ0v) is 9.00. The first kappa shape index (κ1) is 11.2. The van der Waals surface area contributed by atoms with E-state index in [0.29, 0.717) is 5.57 Å². The predicted octanol–water partition coefficient (Wildman–Crippen LogP) is 1.76. The van der Waals surface area contributed by atoms with Gasteiger partial charge in [0.05, 0.1) is 0 Å². The van der Waals surface area contributed by atoms with Gasteiger partial charge in [0.25, 0.3) is 0 Å². The van der Waals surface area contributed by atoms with Gasteiger partial charge < -0.3 is 15.4 Å². The highest BCUT2D eigenvalue weighted by Crippen LogP contribution is 2.36. The lowest BCUT2D eigenvalue weighted by atomic mass is 9.83. The zero-order chi connectivity index (χ0) is 11.1. The van der Waals surface area contributed by atoms with Crippen LogP contribution in [-0.2, 0) is 4.79 Å². The third-order valence-electron chi connectivity index (χ3n) is 2.50. The van der Waals surface area contributed by atoms with Crippen LogP contribution >= 0.6 is 0 Å². The Bertz CT molecular complexity index is 292. The first-order chi connectivity index (χ1) is 6.17. The number of carboxylic acid groups (broad SMARTS) is 1. The van der Waals surface area contributed by atoms with Crippen LogP contribution < -0.4 is 0 Å². The van der Waals surface area contributed by atoms with Crippen molar-refractivity contribution in [3.8, 4) is 0 Å². The minimum absolute atomic E-state index is 0.287. The van der Waals surface area contributed by atoms with Crippen molar-refractivity contribution in [3.63, 3.8) is 0 Å². The van der Waals surface area contributed by atoms with Crippen molar-refractivity contribution >= 4 is 5.97 Å². The second-order valence-corrected chi connectivity index (χ2v) is 4.91. The normalized spacial score (nSPS) is 25.6. The molecule has 0 spiro atoms. The van der Waals surface area contributed by atoms with Crippen molar-refractivity contribution in [2.75, 3.05) is 0 Å². The highest BCUT2D eigenvalue weighted by atomic mass is 16.5. The van der Waals surface area contributed by atoms with Gasteiger partial charge in [-0.1, -0.05) is 6.08 Å². The van der Waals surface area contributed by atoms with Gasteiger partial charge in [-0.2, -0.15) is 0 Å². The van der Waals surface area contributed by atoms with Gasteiger partial charge in [0.2, 0.25) is 0 Å². The van der Waals surface area contributed by atoms with E-state index in [2.05, 4.69) is 0 Å². The number of carboxylic acids is 1. The van der Waals surface area contributed by atoms with Gasteiger partial charge in [0, 0.05) is 16.7 Å².